The Labute approximate surface area is 159 Å². The summed E-state index contributed by atoms with van der Waals surface area (Å²) >= 11 is 0. The lowest BCUT2D eigenvalue weighted by Gasteiger charge is -2.30. The molecule has 0 atom stereocenters. The molecule has 0 spiro atoms. The second-order valence-electron chi connectivity index (χ2n) is 6.49. The molecule has 1 saturated heterocycles. The highest BCUT2D eigenvalue weighted by atomic mass is 19.4. The topological polar surface area (TPSA) is 75.3 Å². The van der Waals surface area contributed by atoms with Gasteiger partial charge >= 0.3 is 12.1 Å². The Morgan fingerprint density at radius 1 is 1.21 bits per heavy atom. The fourth-order valence-corrected chi connectivity index (χ4v) is 3.20. The van der Waals surface area contributed by atoms with Crippen LogP contribution < -0.4 is 0 Å². The zero-order valence-electron chi connectivity index (χ0n) is 15.3. The SMILES string of the molecule is CCOC(=O)C1CCN(C(=O)c2[nH]c(C(F)(F)F)nc2-c2ccccc2)CC1. The van der Waals surface area contributed by atoms with Crippen molar-refractivity contribution < 1.29 is 27.5 Å². The number of amides is 1. The van der Waals surface area contributed by atoms with E-state index in [2.05, 4.69) is 9.97 Å². The zero-order valence-corrected chi connectivity index (χ0v) is 15.3. The van der Waals surface area contributed by atoms with Gasteiger partial charge in [0.15, 0.2) is 0 Å². The highest BCUT2D eigenvalue weighted by molar-refractivity contribution is 5.98. The largest absolute Gasteiger partial charge is 0.466 e. The quantitative estimate of drug-likeness (QED) is 0.804. The van der Waals surface area contributed by atoms with Gasteiger partial charge in [-0.25, -0.2) is 4.98 Å². The molecule has 6 nitrogen and oxygen atoms in total. The maximum atomic E-state index is 13.1. The van der Waals surface area contributed by atoms with Crippen molar-refractivity contribution in [3.8, 4) is 11.3 Å². The van der Waals surface area contributed by atoms with E-state index < -0.39 is 17.9 Å². The van der Waals surface area contributed by atoms with Gasteiger partial charge in [-0.05, 0) is 19.8 Å². The first-order valence-corrected chi connectivity index (χ1v) is 8.99. The number of nitrogens with one attached hydrogen (secondary N) is 1. The molecule has 28 heavy (non-hydrogen) atoms. The van der Waals surface area contributed by atoms with Gasteiger partial charge < -0.3 is 14.6 Å². The monoisotopic (exact) mass is 395 g/mol. The number of nitrogens with zero attached hydrogens (tertiary/aromatic N) is 2. The van der Waals surface area contributed by atoms with Crippen LogP contribution in [0.4, 0.5) is 13.2 Å². The summed E-state index contributed by atoms with van der Waals surface area (Å²) in [5.41, 5.74) is 0.178. The molecule has 2 aromatic rings. The molecule has 0 radical (unpaired) electrons. The minimum absolute atomic E-state index is 0.0366. The molecule has 1 aromatic carbocycles. The Kier molecular flexibility index (Phi) is 5.71. The van der Waals surface area contributed by atoms with Crippen LogP contribution >= 0.6 is 0 Å². The average Bonchev–Trinajstić information content (AvgIpc) is 3.14. The lowest BCUT2D eigenvalue weighted by molar-refractivity contribution is -0.149. The Hall–Kier alpha value is -2.84. The van der Waals surface area contributed by atoms with Gasteiger partial charge in [0.2, 0.25) is 5.82 Å². The van der Waals surface area contributed by atoms with E-state index in [0.29, 0.717) is 18.4 Å². The van der Waals surface area contributed by atoms with Crippen LogP contribution in [0.15, 0.2) is 30.3 Å². The highest BCUT2D eigenvalue weighted by Crippen LogP contribution is 2.32. The maximum absolute atomic E-state index is 13.1. The number of hydrogen-bond donors (Lipinski definition) is 1. The van der Waals surface area contributed by atoms with E-state index in [1.807, 2.05) is 0 Å². The van der Waals surface area contributed by atoms with Crippen LogP contribution in [0.1, 0.15) is 36.1 Å². The number of benzene rings is 1. The standard InChI is InChI=1S/C19H20F3N3O3/c1-2-28-17(27)13-8-10-25(11-9-13)16(26)15-14(12-6-4-3-5-7-12)23-18(24-15)19(20,21)22/h3-7,13H,2,8-11H2,1H3,(H,23,24). The molecule has 150 valence electrons. The van der Waals surface area contributed by atoms with Gasteiger partial charge in [-0.3, -0.25) is 9.59 Å². The first-order chi connectivity index (χ1) is 13.3. The number of piperidine rings is 1. The lowest BCUT2D eigenvalue weighted by Crippen LogP contribution is -2.41. The Morgan fingerprint density at radius 3 is 2.43 bits per heavy atom. The van der Waals surface area contributed by atoms with Crippen LogP contribution in [0, 0.1) is 5.92 Å². The molecule has 1 aliphatic rings. The molecule has 1 N–H and O–H groups in total. The molecule has 1 fully saturated rings. The number of ether oxygens (including phenoxy) is 1. The number of carbonyl (C=O) groups is 2. The van der Waals surface area contributed by atoms with Crippen LogP contribution in [0.2, 0.25) is 0 Å². The van der Waals surface area contributed by atoms with Gasteiger partial charge in [-0.15, -0.1) is 0 Å². The number of esters is 1. The van der Waals surface area contributed by atoms with Crippen molar-refractivity contribution in [2.24, 2.45) is 5.92 Å². The number of aromatic amines is 1. The first kappa shape index (κ1) is 19.9. The Balaban J connectivity index is 1.84. The number of carbonyl (C=O) groups excluding carboxylic acids is 2. The maximum Gasteiger partial charge on any atom is 0.449 e. The number of hydrogen-bond acceptors (Lipinski definition) is 4. The third-order valence-electron chi connectivity index (χ3n) is 4.64. The molecule has 1 aromatic heterocycles. The van der Waals surface area contributed by atoms with Crippen molar-refractivity contribution in [3.63, 3.8) is 0 Å². The van der Waals surface area contributed by atoms with Gasteiger partial charge in [0.05, 0.1) is 12.5 Å². The van der Waals surface area contributed by atoms with Crippen molar-refractivity contribution >= 4 is 11.9 Å². The van der Waals surface area contributed by atoms with E-state index in [0.717, 1.165) is 0 Å². The summed E-state index contributed by atoms with van der Waals surface area (Å²) in [6.45, 7) is 2.53. The number of likely N-dealkylation sites (tertiary alicyclic amines) is 1. The minimum atomic E-state index is -4.70. The third kappa shape index (κ3) is 4.18. The summed E-state index contributed by atoms with van der Waals surface area (Å²) in [4.78, 5) is 32.0. The van der Waals surface area contributed by atoms with Crippen LogP contribution in [-0.2, 0) is 15.7 Å². The fourth-order valence-electron chi connectivity index (χ4n) is 3.20. The molecule has 1 amide bonds. The highest BCUT2D eigenvalue weighted by Gasteiger charge is 2.38. The number of rotatable bonds is 4. The zero-order chi connectivity index (χ0) is 20.3. The fraction of sp³-hybridized carbons (Fsp3) is 0.421. The van der Waals surface area contributed by atoms with Crippen molar-refractivity contribution in [1.82, 2.24) is 14.9 Å². The number of halogens is 3. The molecule has 0 unspecified atom stereocenters. The van der Waals surface area contributed by atoms with E-state index in [9.17, 15) is 22.8 Å². The number of imidazole rings is 1. The molecular weight excluding hydrogens is 375 g/mol. The van der Waals surface area contributed by atoms with Crippen LogP contribution in [-0.4, -0.2) is 46.4 Å². The average molecular weight is 395 g/mol. The van der Waals surface area contributed by atoms with Crippen molar-refractivity contribution in [2.45, 2.75) is 25.9 Å². The van der Waals surface area contributed by atoms with Gasteiger partial charge in [-0.1, -0.05) is 30.3 Å². The number of alkyl halides is 3. The lowest BCUT2D eigenvalue weighted by atomic mass is 9.96. The summed E-state index contributed by atoms with van der Waals surface area (Å²) < 4.78 is 44.4. The van der Waals surface area contributed by atoms with E-state index in [1.165, 1.54) is 4.90 Å². The second kappa shape index (κ2) is 8.04. The van der Waals surface area contributed by atoms with Crippen molar-refractivity contribution in [2.75, 3.05) is 19.7 Å². The van der Waals surface area contributed by atoms with Crippen LogP contribution in [0.5, 0.6) is 0 Å². The minimum Gasteiger partial charge on any atom is -0.466 e. The first-order valence-electron chi connectivity index (χ1n) is 8.99. The molecule has 0 aliphatic carbocycles. The van der Waals surface area contributed by atoms with Gasteiger partial charge in [0.1, 0.15) is 11.4 Å². The van der Waals surface area contributed by atoms with E-state index in [1.54, 1.807) is 37.3 Å². The predicted molar refractivity (Wildman–Crippen MR) is 94.3 cm³/mol. The molecule has 3 rings (SSSR count). The second-order valence-corrected chi connectivity index (χ2v) is 6.49. The predicted octanol–water partition coefficient (Wildman–Crippen LogP) is 3.51. The Bertz CT molecular complexity index is 841. The third-order valence-corrected chi connectivity index (χ3v) is 4.64. The molecule has 0 saturated carbocycles. The molecular formula is C19H20F3N3O3. The van der Waals surface area contributed by atoms with Crippen LogP contribution in [0.25, 0.3) is 11.3 Å². The van der Waals surface area contributed by atoms with E-state index >= 15 is 0 Å². The summed E-state index contributed by atoms with van der Waals surface area (Å²) in [6.07, 6.45) is -3.88. The number of aromatic nitrogens is 2. The Morgan fingerprint density at radius 2 is 1.86 bits per heavy atom. The summed E-state index contributed by atoms with van der Waals surface area (Å²) in [7, 11) is 0. The summed E-state index contributed by atoms with van der Waals surface area (Å²) in [6, 6.07) is 8.25. The number of H-pyrrole nitrogens is 1. The molecule has 9 heteroatoms. The van der Waals surface area contributed by atoms with Crippen molar-refractivity contribution in [3.05, 3.63) is 41.9 Å². The van der Waals surface area contributed by atoms with E-state index in [4.69, 9.17) is 4.74 Å². The molecule has 1 aliphatic heterocycles. The van der Waals surface area contributed by atoms with Gasteiger partial charge in [0, 0.05) is 18.7 Å². The van der Waals surface area contributed by atoms with Crippen molar-refractivity contribution in [1.29, 1.82) is 0 Å². The normalized spacial score (nSPS) is 15.5. The summed E-state index contributed by atoms with van der Waals surface area (Å²) in [5, 5.41) is 0. The van der Waals surface area contributed by atoms with Gasteiger partial charge in [0.25, 0.3) is 5.91 Å². The van der Waals surface area contributed by atoms with Crippen LogP contribution in [0.3, 0.4) is 0 Å². The molecule has 0 bridgehead atoms. The van der Waals surface area contributed by atoms with E-state index in [-0.39, 0.29) is 43.0 Å². The summed E-state index contributed by atoms with van der Waals surface area (Å²) in [5.74, 6) is -2.38. The smallest absolute Gasteiger partial charge is 0.449 e. The molecule has 2 heterocycles. The van der Waals surface area contributed by atoms with Gasteiger partial charge in [-0.2, -0.15) is 13.2 Å².